The van der Waals surface area contributed by atoms with E-state index in [1.165, 1.54) is 32.2 Å². The highest BCUT2D eigenvalue weighted by molar-refractivity contribution is 8.00. The molecule has 30 heavy (non-hydrogen) atoms. The fraction of sp³-hybridized carbons (Fsp3) is 0.524. The molecule has 0 bridgehead atoms. The van der Waals surface area contributed by atoms with Gasteiger partial charge >= 0.3 is 12.0 Å². The number of carbonyl (C=O) groups is 4. The number of benzene rings is 1. The van der Waals surface area contributed by atoms with Crippen LogP contribution >= 0.6 is 11.8 Å². The van der Waals surface area contributed by atoms with Crippen LogP contribution in [0, 0.1) is 0 Å². The Labute approximate surface area is 181 Å². The highest BCUT2D eigenvalue weighted by atomic mass is 32.2. The fourth-order valence-electron chi connectivity index (χ4n) is 3.23. The van der Waals surface area contributed by atoms with Crippen LogP contribution in [0.25, 0.3) is 0 Å². The molecule has 0 spiro atoms. The van der Waals surface area contributed by atoms with E-state index in [2.05, 4.69) is 10.6 Å². The van der Waals surface area contributed by atoms with Crippen molar-refractivity contribution in [1.82, 2.24) is 15.5 Å². The number of carbonyl (C=O) groups excluding carboxylic acids is 4. The number of esters is 1. The van der Waals surface area contributed by atoms with Crippen LogP contribution in [-0.4, -0.2) is 60.7 Å². The summed E-state index contributed by atoms with van der Waals surface area (Å²) < 4.78 is 5.19. The molecule has 4 amide bonds. The predicted molar refractivity (Wildman–Crippen MR) is 114 cm³/mol. The van der Waals surface area contributed by atoms with Crippen molar-refractivity contribution < 1.29 is 23.9 Å². The van der Waals surface area contributed by atoms with Gasteiger partial charge in [-0.05, 0) is 31.9 Å². The van der Waals surface area contributed by atoms with Gasteiger partial charge in [0, 0.05) is 25.0 Å². The number of hydrogen-bond acceptors (Lipinski definition) is 6. The number of urea groups is 1. The normalized spacial score (nSPS) is 15.0. The maximum absolute atomic E-state index is 12.6. The zero-order valence-corrected chi connectivity index (χ0v) is 18.4. The number of amides is 4. The molecule has 1 fully saturated rings. The SMILES string of the molecule is CNC(=O)NC(=O)[C@@H](C)OC(=O)c1ccccc1SCC(=O)N(C)C1CCCCC1. The molecular weight excluding hydrogens is 406 g/mol. The summed E-state index contributed by atoms with van der Waals surface area (Å²) in [6, 6.07) is 6.39. The van der Waals surface area contributed by atoms with Crippen molar-refractivity contribution in [3.63, 3.8) is 0 Å². The Hall–Kier alpha value is -2.55. The van der Waals surface area contributed by atoms with Crippen LogP contribution in [0.1, 0.15) is 49.4 Å². The summed E-state index contributed by atoms with van der Waals surface area (Å²) in [7, 11) is 3.21. The molecule has 8 nitrogen and oxygen atoms in total. The van der Waals surface area contributed by atoms with E-state index in [4.69, 9.17) is 4.74 Å². The Bertz CT molecular complexity index is 780. The standard InChI is InChI=1S/C21H29N3O5S/c1-14(19(26)23-21(28)22-2)29-20(27)16-11-7-8-12-17(16)30-13-18(25)24(3)15-9-5-4-6-10-15/h7-8,11-12,14-15H,4-6,9-10,13H2,1-3H3,(H2,22,23,26,28)/t14-/m1/s1. The predicted octanol–water partition coefficient (Wildman–Crippen LogP) is 2.57. The minimum absolute atomic E-state index is 0.0217. The maximum Gasteiger partial charge on any atom is 0.340 e. The number of thioether (sulfide) groups is 1. The van der Waals surface area contributed by atoms with Crippen LogP contribution in [0.4, 0.5) is 4.79 Å². The highest BCUT2D eigenvalue weighted by Crippen LogP contribution is 2.26. The lowest BCUT2D eigenvalue weighted by Crippen LogP contribution is -2.43. The topological polar surface area (TPSA) is 105 Å². The quantitative estimate of drug-likeness (QED) is 0.504. The van der Waals surface area contributed by atoms with E-state index in [0.29, 0.717) is 4.90 Å². The van der Waals surface area contributed by atoms with E-state index in [-0.39, 0.29) is 23.3 Å². The first-order valence-electron chi connectivity index (χ1n) is 10.0. The van der Waals surface area contributed by atoms with Gasteiger partial charge in [0.15, 0.2) is 6.10 Å². The Morgan fingerprint density at radius 3 is 2.50 bits per heavy atom. The first-order chi connectivity index (χ1) is 14.3. The number of ether oxygens (including phenoxy) is 1. The molecule has 1 atom stereocenters. The molecule has 0 heterocycles. The van der Waals surface area contributed by atoms with Gasteiger partial charge < -0.3 is 15.0 Å². The number of nitrogens with one attached hydrogen (secondary N) is 2. The third-order valence-electron chi connectivity index (χ3n) is 5.09. The van der Waals surface area contributed by atoms with Crippen LogP contribution in [0.15, 0.2) is 29.2 Å². The average Bonchev–Trinajstić information content (AvgIpc) is 2.77. The molecule has 0 aromatic heterocycles. The summed E-state index contributed by atoms with van der Waals surface area (Å²) in [5.41, 5.74) is 0.273. The summed E-state index contributed by atoms with van der Waals surface area (Å²) in [6.07, 6.45) is 4.44. The van der Waals surface area contributed by atoms with Gasteiger partial charge in [0.05, 0.1) is 11.3 Å². The largest absolute Gasteiger partial charge is 0.449 e. The zero-order valence-electron chi connectivity index (χ0n) is 17.6. The molecule has 1 aromatic carbocycles. The summed E-state index contributed by atoms with van der Waals surface area (Å²) >= 11 is 1.27. The second-order valence-electron chi connectivity index (χ2n) is 7.20. The lowest BCUT2D eigenvalue weighted by atomic mass is 9.94. The van der Waals surface area contributed by atoms with Gasteiger partial charge in [-0.15, -0.1) is 11.8 Å². The number of nitrogens with zero attached hydrogens (tertiary/aromatic N) is 1. The molecule has 1 saturated carbocycles. The number of imide groups is 1. The van der Waals surface area contributed by atoms with E-state index in [0.717, 1.165) is 25.7 Å². The van der Waals surface area contributed by atoms with Crippen molar-refractivity contribution in [2.24, 2.45) is 0 Å². The third kappa shape index (κ3) is 6.76. The van der Waals surface area contributed by atoms with Crippen LogP contribution in [0.2, 0.25) is 0 Å². The van der Waals surface area contributed by atoms with Gasteiger partial charge in [-0.1, -0.05) is 31.4 Å². The smallest absolute Gasteiger partial charge is 0.340 e. The minimum Gasteiger partial charge on any atom is -0.449 e. The van der Waals surface area contributed by atoms with E-state index < -0.39 is 24.0 Å². The molecule has 1 aromatic rings. The molecule has 0 saturated heterocycles. The molecule has 2 rings (SSSR count). The molecular formula is C21H29N3O5S. The van der Waals surface area contributed by atoms with Gasteiger partial charge in [0.2, 0.25) is 5.91 Å². The zero-order chi connectivity index (χ0) is 22.1. The van der Waals surface area contributed by atoms with Crippen LogP contribution in [-0.2, 0) is 14.3 Å². The van der Waals surface area contributed by atoms with Crippen molar-refractivity contribution >= 4 is 35.6 Å². The van der Waals surface area contributed by atoms with Crippen molar-refractivity contribution in [1.29, 1.82) is 0 Å². The van der Waals surface area contributed by atoms with Crippen molar-refractivity contribution in [3.05, 3.63) is 29.8 Å². The first kappa shape index (κ1) is 23.7. The fourth-order valence-corrected chi connectivity index (χ4v) is 4.19. The minimum atomic E-state index is -1.15. The molecule has 0 aliphatic heterocycles. The summed E-state index contributed by atoms with van der Waals surface area (Å²) in [5, 5.41) is 4.32. The van der Waals surface area contributed by atoms with E-state index in [9.17, 15) is 19.2 Å². The Kier molecular flexibility index (Phi) is 9.16. The monoisotopic (exact) mass is 435 g/mol. The molecule has 9 heteroatoms. The van der Waals surface area contributed by atoms with Gasteiger partial charge in [0.1, 0.15) is 0 Å². The summed E-state index contributed by atoms with van der Waals surface area (Å²) in [5.74, 6) is -1.18. The molecule has 164 valence electrons. The molecule has 1 aliphatic rings. The molecule has 1 aliphatic carbocycles. The third-order valence-corrected chi connectivity index (χ3v) is 6.15. The highest BCUT2D eigenvalue weighted by Gasteiger charge is 2.24. The lowest BCUT2D eigenvalue weighted by Gasteiger charge is -2.31. The van der Waals surface area contributed by atoms with Gasteiger partial charge in [-0.25, -0.2) is 9.59 Å². The maximum atomic E-state index is 12.6. The number of rotatable bonds is 7. The second kappa shape index (κ2) is 11.6. The van der Waals surface area contributed by atoms with Crippen LogP contribution in [0.3, 0.4) is 0 Å². The van der Waals surface area contributed by atoms with Gasteiger partial charge in [0.25, 0.3) is 5.91 Å². The summed E-state index contributed by atoms with van der Waals surface area (Å²) in [6.45, 7) is 1.38. The second-order valence-corrected chi connectivity index (χ2v) is 8.21. The van der Waals surface area contributed by atoms with Gasteiger partial charge in [-0.3, -0.25) is 14.9 Å². The Morgan fingerprint density at radius 2 is 1.83 bits per heavy atom. The van der Waals surface area contributed by atoms with Crippen molar-refractivity contribution in [3.8, 4) is 0 Å². The molecule has 0 radical (unpaired) electrons. The van der Waals surface area contributed by atoms with Crippen molar-refractivity contribution in [2.45, 2.75) is 56.1 Å². The first-order valence-corrected chi connectivity index (χ1v) is 11.0. The molecule has 2 N–H and O–H groups in total. The Morgan fingerprint density at radius 1 is 1.17 bits per heavy atom. The molecule has 0 unspecified atom stereocenters. The van der Waals surface area contributed by atoms with E-state index >= 15 is 0 Å². The summed E-state index contributed by atoms with van der Waals surface area (Å²) in [4.78, 5) is 50.7. The average molecular weight is 436 g/mol. The van der Waals surface area contributed by atoms with E-state index in [1.807, 2.05) is 11.9 Å². The van der Waals surface area contributed by atoms with E-state index in [1.54, 1.807) is 24.3 Å². The van der Waals surface area contributed by atoms with Crippen LogP contribution in [0.5, 0.6) is 0 Å². The number of hydrogen-bond donors (Lipinski definition) is 2. The Balaban J connectivity index is 1.96. The van der Waals surface area contributed by atoms with Gasteiger partial charge in [-0.2, -0.15) is 0 Å². The lowest BCUT2D eigenvalue weighted by molar-refractivity contribution is -0.129. The van der Waals surface area contributed by atoms with Crippen LogP contribution < -0.4 is 10.6 Å². The van der Waals surface area contributed by atoms with Crippen molar-refractivity contribution in [2.75, 3.05) is 19.8 Å².